The second kappa shape index (κ2) is 5.67. The lowest BCUT2D eigenvalue weighted by molar-refractivity contribution is 0.0583. The maximum Gasteiger partial charge on any atom is 0.357 e. The molecule has 0 atom stereocenters. The Morgan fingerprint density at radius 3 is 2.88 bits per heavy atom. The molecule has 0 amide bonds. The smallest absolute Gasteiger partial charge is 0.357 e. The maximum absolute atomic E-state index is 11.6. The molecule has 4 nitrogen and oxygen atoms in total. The van der Waals surface area contributed by atoms with E-state index >= 15 is 0 Å². The Morgan fingerprint density at radius 2 is 2.24 bits per heavy atom. The van der Waals surface area contributed by atoms with Gasteiger partial charge in [-0.1, -0.05) is 19.3 Å². The highest BCUT2D eigenvalue weighted by Crippen LogP contribution is 2.26. The highest BCUT2D eigenvalue weighted by Gasteiger charge is 2.21. The van der Waals surface area contributed by atoms with Crippen LogP contribution in [0.2, 0.25) is 0 Å². The molecule has 0 aliphatic heterocycles. The fraction of sp³-hybridized carbons (Fsp3) is 0.667. The van der Waals surface area contributed by atoms with E-state index in [2.05, 4.69) is 21.0 Å². The van der Waals surface area contributed by atoms with E-state index in [1.165, 1.54) is 39.2 Å². The molecule has 1 aromatic heterocycles. The molecule has 0 spiro atoms. The minimum atomic E-state index is -0.329. The van der Waals surface area contributed by atoms with Crippen molar-refractivity contribution in [2.45, 2.75) is 38.6 Å². The van der Waals surface area contributed by atoms with Crippen molar-refractivity contribution < 1.29 is 9.53 Å². The molecule has 1 saturated carbocycles. The van der Waals surface area contributed by atoms with Crippen molar-refractivity contribution in [1.82, 2.24) is 9.78 Å². The summed E-state index contributed by atoms with van der Waals surface area (Å²) >= 11 is 3.34. The van der Waals surface area contributed by atoms with Crippen LogP contribution in [0, 0.1) is 5.92 Å². The van der Waals surface area contributed by atoms with Crippen molar-refractivity contribution >= 4 is 21.9 Å². The number of methoxy groups -OCH3 is 1. The van der Waals surface area contributed by atoms with Crippen LogP contribution in [0.25, 0.3) is 0 Å². The first-order chi connectivity index (χ1) is 8.22. The lowest BCUT2D eigenvalue weighted by Crippen LogP contribution is -2.19. The van der Waals surface area contributed by atoms with E-state index in [0.717, 1.165) is 6.54 Å². The van der Waals surface area contributed by atoms with E-state index in [0.29, 0.717) is 16.1 Å². The largest absolute Gasteiger partial charge is 0.464 e. The monoisotopic (exact) mass is 300 g/mol. The van der Waals surface area contributed by atoms with Gasteiger partial charge in [0.2, 0.25) is 0 Å². The van der Waals surface area contributed by atoms with Gasteiger partial charge < -0.3 is 4.74 Å². The third kappa shape index (κ3) is 2.89. The molecular weight excluding hydrogens is 284 g/mol. The molecule has 0 bridgehead atoms. The SMILES string of the molecule is COC(=O)c1c(Br)cnn1CC1CCCCC1. The first kappa shape index (κ1) is 12.6. The van der Waals surface area contributed by atoms with Gasteiger partial charge in [0.05, 0.1) is 17.8 Å². The third-order valence-corrected chi connectivity index (χ3v) is 3.91. The number of carbonyl (C=O) groups excluding carboxylic acids is 1. The second-order valence-corrected chi connectivity index (χ2v) is 5.37. The normalized spacial score (nSPS) is 17.1. The van der Waals surface area contributed by atoms with Crippen molar-refractivity contribution in [2.75, 3.05) is 7.11 Å². The molecule has 1 aliphatic carbocycles. The zero-order chi connectivity index (χ0) is 12.3. The Morgan fingerprint density at radius 1 is 1.53 bits per heavy atom. The van der Waals surface area contributed by atoms with Gasteiger partial charge in [0.15, 0.2) is 5.69 Å². The molecular formula is C12H17BrN2O2. The lowest BCUT2D eigenvalue weighted by Gasteiger charge is -2.21. The van der Waals surface area contributed by atoms with Crippen LogP contribution in [-0.2, 0) is 11.3 Å². The lowest BCUT2D eigenvalue weighted by atomic mass is 9.89. The van der Waals surface area contributed by atoms with Crippen LogP contribution < -0.4 is 0 Å². The van der Waals surface area contributed by atoms with Crippen molar-refractivity contribution in [2.24, 2.45) is 5.92 Å². The molecule has 0 unspecified atom stereocenters. The summed E-state index contributed by atoms with van der Waals surface area (Å²) in [6, 6.07) is 0. The molecule has 0 radical (unpaired) electrons. The molecule has 1 aromatic rings. The molecule has 0 saturated heterocycles. The van der Waals surface area contributed by atoms with E-state index in [9.17, 15) is 4.79 Å². The van der Waals surface area contributed by atoms with Gasteiger partial charge in [-0.2, -0.15) is 5.10 Å². The molecule has 0 aromatic carbocycles. The topological polar surface area (TPSA) is 44.1 Å². The number of carbonyl (C=O) groups is 1. The van der Waals surface area contributed by atoms with E-state index in [4.69, 9.17) is 4.74 Å². The predicted octanol–water partition coefficient (Wildman–Crippen LogP) is 3.01. The fourth-order valence-electron chi connectivity index (χ4n) is 2.41. The van der Waals surface area contributed by atoms with Gasteiger partial charge >= 0.3 is 5.97 Å². The van der Waals surface area contributed by atoms with Crippen LogP contribution in [0.3, 0.4) is 0 Å². The second-order valence-electron chi connectivity index (χ2n) is 4.52. The number of rotatable bonds is 3. The highest BCUT2D eigenvalue weighted by atomic mass is 79.9. The van der Waals surface area contributed by atoms with Crippen LogP contribution in [0.4, 0.5) is 0 Å². The number of ether oxygens (including phenoxy) is 1. The Kier molecular flexibility index (Phi) is 4.20. The van der Waals surface area contributed by atoms with Crippen LogP contribution in [0.5, 0.6) is 0 Å². The Bertz CT molecular complexity index is 397. The van der Waals surface area contributed by atoms with Gasteiger partial charge in [-0.05, 0) is 34.7 Å². The molecule has 1 heterocycles. The number of hydrogen-bond acceptors (Lipinski definition) is 3. The van der Waals surface area contributed by atoms with Crippen LogP contribution >= 0.6 is 15.9 Å². The minimum Gasteiger partial charge on any atom is -0.464 e. The molecule has 17 heavy (non-hydrogen) atoms. The highest BCUT2D eigenvalue weighted by molar-refractivity contribution is 9.10. The Labute approximate surface area is 109 Å². The van der Waals surface area contributed by atoms with Gasteiger partial charge in [0.1, 0.15) is 0 Å². The molecule has 2 rings (SSSR count). The Hall–Kier alpha value is -0.840. The average molecular weight is 301 g/mol. The standard InChI is InChI=1S/C12H17BrN2O2/c1-17-12(16)11-10(13)7-14-15(11)8-9-5-3-2-4-6-9/h7,9H,2-6,8H2,1H3. The first-order valence-corrected chi connectivity index (χ1v) is 6.81. The first-order valence-electron chi connectivity index (χ1n) is 6.02. The number of nitrogens with zero attached hydrogens (tertiary/aromatic N) is 2. The number of hydrogen-bond donors (Lipinski definition) is 0. The van der Waals surface area contributed by atoms with Crippen LogP contribution in [0.15, 0.2) is 10.7 Å². The summed E-state index contributed by atoms with van der Waals surface area (Å²) in [7, 11) is 1.40. The van der Waals surface area contributed by atoms with E-state index in [1.54, 1.807) is 10.9 Å². The quantitative estimate of drug-likeness (QED) is 0.806. The molecule has 1 aliphatic rings. The molecule has 1 fully saturated rings. The van der Waals surface area contributed by atoms with Gasteiger partial charge in [-0.3, -0.25) is 4.68 Å². The molecule has 0 N–H and O–H groups in total. The van der Waals surface area contributed by atoms with E-state index < -0.39 is 0 Å². The van der Waals surface area contributed by atoms with Crippen molar-refractivity contribution in [3.63, 3.8) is 0 Å². The summed E-state index contributed by atoms with van der Waals surface area (Å²) < 4.78 is 7.25. The summed E-state index contributed by atoms with van der Waals surface area (Å²) in [6.07, 6.45) is 8.05. The summed E-state index contributed by atoms with van der Waals surface area (Å²) in [5, 5.41) is 4.25. The summed E-state index contributed by atoms with van der Waals surface area (Å²) in [5.74, 6) is 0.309. The maximum atomic E-state index is 11.6. The predicted molar refractivity (Wildman–Crippen MR) is 67.8 cm³/mol. The van der Waals surface area contributed by atoms with Gasteiger partial charge in [0, 0.05) is 6.54 Å². The van der Waals surface area contributed by atoms with Crippen LogP contribution in [0.1, 0.15) is 42.6 Å². The van der Waals surface area contributed by atoms with Crippen molar-refractivity contribution in [1.29, 1.82) is 0 Å². The van der Waals surface area contributed by atoms with Gasteiger partial charge in [-0.15, -0.1) is 0 Å². The van der Waals surface area contributed by atoms with Gasteiger partial charge in [-0.25, -0.2) is 4.79 Å². The molecule has 94 valence electrons. The van der Waals surface area contributed by atoms with Crippen molar-refractivity contribution in [3.05, 3.63) is 16.4 Å². The fourth-order valence-corrected chi connectivity index (χ4v) is 2.87. The average Bonchev–Trinajstić information content (AvgIpc) is 2.71. The minimum absolute atomic E-state index is 0.329. The number of esters is 1. The van der Waals surface area contributed by atoms with E-state index in [-0.39, 0.29) is 5.97 Å². The zero-order valence-electron chi connectivity index (χ0n) is 9.99. The Balaban J connectivity index is 2.12. The number of halogens is 1. The van der Waals surface area contributed by atoms with E-state index in [1.807, 2.05) is 0 Å². The third-order valence-electron chi connectivity index (χ3n) is 3.33. The summed E-state index contributed by atoms with van der Waals surface area (Å²) in [5.41, 5.74) is 0.526. The molecule has 5 heteroatoms. The summed E-state index contributed by atoms with van der Waals surface area (Å²) in [4.78, 5) is 11.6. The summed E-state index contributed by atoms with van der Waals surface area (Å²) in [6.45, 7) is 0.816. The zero-order valence-corrected chi connectivity index (χ0v) is 11.6. The van der Waals surface area contributed by atoms with Crippen molar-refractivity contribution in [3.8, 4) is 0 Å². The number of aromatic nitrogens is 2. The van der Waals surface area contributed by atoms with Crippen LogP contribution in [-0.4, -0.2) is 22.9 Å². The van der Waals surface area contributed by atoms with Gasteiger partial charge in [0.25, 0.3) is 0 Å².